The average molecular weight is 185 g/mol. The molecule has 2 aliphatic rings. The molecule has 1 aliphatic carbocycles. The fourth-order valence-electron chi connectivity index (χ4n) is 1.80. The van der Waals surface area contributed by atoms with E-state index in [2.05, 4.69) is 0 Å². The van der Waals surface area contributed by atoms with E-state index < -0.39 is 0 Å². The van der Waals surface area contributed by atoms with Crippen LogP contribution in [0.2, 0.25) is 0 Å². The zero-order valence-electron chi connectivity index (χ0n) is 8.08. The smallest absolute Gasteiger partial charge is 0.157 e. The van der Waals surface area contributed by atoms with E-state index in [4.69, 9.17) is 15.2 Å². The minimum absolute atomic E-state index is 0.0729. The predicted octanol–water partition coefficient (Wildman–Crippen LogP) is 1.27. The van der Waals surface area contributed by atoms with Crippen LogP contribution in [0.3, 0.4) is 0 Å². The van der Waals surface area contributed by atoms with Crippen molar-refractivity contribution < 1.29 is 9.47 Å². The molecule has 2 N–H and O–H groups in total. The number of ether oxygens (including phenoxy) is 2. The molecule has 0 amide bonds. The van der Waals surface area contributed by atoms with Crippen molar-refractivity contribution in [1.29, 1.82) is 0 Å². The molecule has 0 spiro atoms. The lowest BCUT2D eigenvalue weighted by Gasteiger charge is -2.22. The first-order valence-corrected chi connectivity index (χ1v) is 5.35. The quantitative estimate of drug-likeness (QED) is 0.717. The maximum atomic E-state index is 5.70. The van der Waals surface area contributed by atoms with Gasteiger partial charge in [0.15, 0.2) is 6.29 Å². The van der Waals surface area contributed by atoms with E-state index in [0.717, 1.165) is 32.0 Å². The van der Waals surface area contributed by atoms with Gasteiger partial charge < -0.3 is 15.2 Å². The fourth-order valence-corrected chi connectivity index (χ4v) is 1.80. The third kappa shape index (κ3) is 2.93. The highest BCUT2D eigenvalue weighted by molar-refractivity contribution is 4.89. The molecule has 76 valence electrons. The molecular weight excluding hydrogens is 166 g/mol. The van der Waals surface area contributed by atoms with Gasteiger partial charge in [-0.1, -0.05) is 0 Å². The summed E-state index contributed by atoms with van der Waals surface area (Å²) < 4.78 is 11.1. The normalized spacial score (nSPS) is 39.0. The van der Waals surface area contributed by atoms with E-state index in [1.807, 2.05) is 0 Å². The number of nitrogens with two attached hydrogens (primary N) is 1. The Balaban J connectivity index is 1.51. The zero-order chi connectivity index (χ0) is 9.10. The Kier molecular flexibility index (Phi) is 3.19. The standard InChI is InChI=1S/C10H19NO2/c11-9-7-8(9)4-6-13-10-3-1-2-5-12-10/h8-10H,1-7,11H2/t8-,9+,10?/m1/s1. The molecule has 1 saturated heterocycles. The molecule has 1 unspecified atom stereocenters. The van der Waals surface area contributed by atoms with Crippen LogP contribution >= 0.6 is 0 Å². The van der Waals surface area contributed by atoms with Gasteiger partial charge in [-0.05, 0) is 38.0 Å². The zero-order valence-corrected chi connectivity index (χ0v) is 8.08. The van der Waals surface area contributed by atoms with Crippen molar-refractivity contribution in [2.24, 2.45) is 11.7 Å². The molecule has 0 aromatic rings. The monoisotopic (exact) mass is 185 g/mol. The summed E-state index contributed by atoms with van der Waals surface area (Å²) in [6.45, 7) is 1.69. The summed E-state index contributed by atoms with van der Waals surface area (Å²) in [6.07, 6.45) is 5.87. The van der Waals surface area contributed by atoms with E-state index in [0.29, 0.717) is 6.04 Å². The Hall–Kier alpha value is -0.120. The number of hydrogen-bond acceptors (Lipinski definition) is 3. The van der Waals surface area contributed by atoms with Gasteiger partial charge in [-0.15, -0.1) is 0 Å². The van der Waals surface area contributed by atoms with Crippen molar-refractivity contribution in [3.8, 4) is 0 Å². The summed E-state index contributed by atoms with van der Waals surface area (Å²) in [7, 11) is 0. The number of rotatable bonds is 4. The molecular formula is C10H19NO2. The van der Waals surface area contributed by atoms with Gasteiger partial charge in [0.25, 0.3) is 0 Å². The van der Waals surface area contributed by atoms with E-state index in [1.165, 1.54) is 19.3 Å². The van der Waals surface area contributed by atoms with Gasteiger partial charge >= 0.3 is 0 Å². The van der Waals surface area contributed by atoms with E-state index in [9.17, 15) is 0 Å². The third-order valence-corrected chi connectivity index (χ3v) is 2.91. The summed E-state index contributed by atoms with van der Waals surface area (Å²) in [5, 5.41) is 0. The minimum atomic E-state index is 0.0729. The first kappa shape index (κ1) is 9.44. The van der Waals surface area contributed by atoms with Gasteiger partial charge in [0.1, 0.15) is 0 Å². The van der Waals surface area contributed by atoms with Crippen molar-refractivity contribution in [3.63, 3.8) is 0 Å². The lowest BCUT2D eigenvalue weighted by molar-refractivity contribution is -0.163. The lowest BCUT2D eigenvalue weighted by Crippen LogP contribution is -2.23. The summed E-state index contributed by atoms with van der Waals surface area (Å²) in [4.78, 5) is 0. The molecule has 1 heterocycles. The van der Waals surface area contributed by atoms with E-state index >= 15 is 0 Å². The van der Waals surface area contributed by atoms with Gasteiger partial charge in [0.2, 0.25) is 0 Å². The SMILES string of the molecule is N[C@H]1C[C@H]1CCOC1CCCCO1. The van der Waals surface area contributed by atoms with Crippen molar-refractivity contribution in [2.45, 2.75) is 44.4 Å². The first-order valence-electron chi connectivity index (χ1n) is 5.35. The molecule has 2 rings (SSSR count). The van der Waals surface area contributed by atoms with Crippen LogP contribution in [0.4, 0.5) is 0 Å². The Bertz CT molecular complexity index is 157. The summed E-state index contributed by atoms with van der Waals surface area (Å²) in [5.74, 6) is 0.726. The molecule has 1 saturated carbocycles. The summed E-state index contributed by atoms with van der Waals surface area (Å²) in [5.41, 5.74) is 5.70. The first-order chi connectivity index (χ1) is 6.36. The summed E-state index contributed by atoms with van der Waals surface area (Å²) in [6, 6.07) is 0.455. The minimum Gasteiger partial charge on any atom is -0.353 e. The van der Waals surface area contributed by atoms with Crippen LogP contribution in [0.5, 0.6) is 0 Å². The second kappa shape index (κ2) is 4.40. The Labute approximate surface area is 79.6 Å². The van der Waals surface area contributed by atoms with Gasteiger partial charge in [0.05, 0.1) is 6.61 Å². The molecule has 0 radical (unpaired) electrons. The van der Waals surface area contributed by atoms with Crippen molar-refractivity contribution in [2.75, 3.05) is 13.2 Å². The van der Waals surface area contributed by atoms with Crippen molar-refractivity contribution >= 4 is 0 Å². The highest BCUT2D eigenvalue weighted by Crippen LogP contribution is 2.31. The highest BCUT2D eigenvalue weighted by atomic mass is 16.7. The molecule has 0 bridgehead atoms. The molecule has 3 nitrogen and oxygen atoms in total. The topological polar surface area (TPSA) is 44.5 Å². The largest absolute Gasteiger partial charge is 0.353 e. The molecule has 2 fully saturated rings. The van der Waals surface area contributed by atoms with Gasteiger partial charge in [-0.2, -0.15) is 0 Å². The van der Waals surface area contributed by atoms with Crippen LogP contribution in [-0.4, -0.2) is 25.5 Å². The Morgan fingerprint density at radius 2 is 2.23 bits per heavy atom. The van der Waals surface area contributed by atoms with Gasteiger partial charge in [0, 0.05) is 12.6 Å². The lowest BCUT2D eigenvalue weighted by atomic mass is 10.2. The van der Waals surface area contributed by atoms with Crippen molar-refractivity contribution in [3.05, 3.63) is 0 Å². The molecule has 0 aromatic carbocycles. The highest BCUT2D eigenvalue weighted by Gasteiger charge is 2.32. The second-order valence-electron chi connectivity index (χ2n) is 4.12. The molecule has 0 aromatic heterocycles. The second-order valence-corrected chi connectivity index (χ2v) is 4.12. The molecule has 13 heavy (non-hydrogen) atoms. The molecule has 3 heteroatoms. The van der Waals surface area contributed by atoms with Crippen LogP contribution in [0.25, 0.3) is 0 Å². The summed E-state index contributed by atoms with van der Waals surface area (Å²) >= 11 is 0. The predicted molar refractivity (Wildman–Crippen MR) is 50.2 cm³/mol. The van der Waals surface area contributed by atoms with E-state index in [1.54, 1.807) is 0 Å². The molecule has 1 aliphatic heterocycles. The van der Waals surface area contributed by atoms with Crippen LogP contribution < -0.4 is 5.73 Å². The Morgan fingerprint density at radius 3 is 2.85 bits per heavy atom. The van der Waals surface area contributed by atoms with Gasteiger partial charge in [-0.3, -0.25) is 0 Å². The van der Waals surface area contributed by atoms with Crippen LogP contribution in [-0.2, 0) is 9.47 Å². The fraction of sp³-hybridized carbons (Fsp3) is 1.00. The van der Waals surface area contributed by atoms with Crippen molar-refractivity contribution in [1.82, 2.24) is 0 Å². The van der Waals surface area contributed by atoms with E-state index in [-0.39, 0.29) is 6.29 Å². The van der Waals surface area contributed by atoms with Gasteiger partial charge in [-0.25, -0.2) is 0 Å². The Morgan fingerprint density at radius 1 is 1.38 bits per heavy atom. The average Bonchev–Trinajstić information content (AvgIpc) is 2.84. The maximum absolute atomic E-state index is 5.70. The third-order valence-electron chi connectivity index (χ3n) is 2.91. The maximum Gasteiger partial charge on any atom is 0.157 e. The molecule has 3 atom stereocenters. The van der Waals surface area contributed by atoms with Crippen LogP contribution in [0.1, 0.15) is 32.1 Å². The van der Waals surface area contributed by atoms with Crippen LogP contribution in [0.15, 0.2) is 0 Å². The van der Waals surface area contributed by atoms with Crippen LogP contribution in [0, 0.1) is 5.92 Å². The number of hydrogen-bond donors (Lipinski definition) is 1.